The van der Waals surface area contributed by atoms with E-state index in [1.165, 1.54) is 24.3 Å². The molecule has 5 nitrogen and oxygen atoms in total. The lowest BCUT2D eigenvalue weighted by Gasteiger charge is -2.23. The number of amides is 1. The van der Waals surface area contributed by atoms with Crippen LogP contribution in [-0.4, -0.2) is 29.7 Å². The molecule has 0 spiro atoms. The Balaban J connectivity index is 2.28. The predicted molar refractivity (Wildman–Crippen MR) is 101 cm³/mol. The summed E-state index contributed by atoms with van der Waals surface area (Å²) in [6.45, 7) is 3.27. The van der Waals surface area contributed by atoms with Gasteiger partial charge in [-0.1, -0.05) is 38.1 Å². The number of carbonyl (C=O) groups excluding carboxylic acids is 2. The molecule has 0 aliphatic rings. The van der Waals surface area contributed by atoms with Crippen molar-refractivity contribution in [2.45, 2.75) is 38.8 Å². The minimum Gasteiger partial charge on any atom is -0.465 e. The second-order valence-electron chi connectivity index (χ2n) is 6.38. The van der Waals surface area contributed by atoms with Crippen LogP contribution in [0.4, 0.5) is 8.78 Å². The van der Waals surface area contributed by atoms with Crippen LogP contribution in [0.2, 0.25) is 0 Å². The number of ether oxygens (including phenoxy) is 1. The molecule has 0 heterocycles. The Kier molecular flexibility index (Phi) is 6.85. The van der Waals surface area contributed by atoms with Gasteiger partial charge < -0.3 is 15.2 Å². The van der Waals surface area contributed by atoms with E-state index in [1.54, 1.807) is 13.8 Å². The van der Waals surface area contributed by atoms with Crippen molar-refractivity contribution in [3.8, 4) is 11.1 Å². The molecule has 0 unspecified atom stereocenters. The van der Waals surface area contributed by atoms with Crippen LogP contribution in [0.5, 0.6) is 0 Å². The summed E-state index contributed by atoms with van der Waals surface area (Å²) in [5.41, 5.74) is -1.07. The molecular formula is C21H23F2NO4. The van der Waals surface area contributed by atoms with Crippen molar-refractivity contribution in [1.82, 2.24) is 5.32 Å². The van der Waals surface area contributed by atoms with Crippen molar-refractivity contribution < 1.29 is 28.2 Å². The van der Waals surface area contributed by atoms with E-state index in [0.717, 1.165) is 19.2 Å². The Morgan fingerprint density at radius 2 is 1.79 bits per heavy atom. The number of rotatable bonds is 7. The fourth-order valence-electron chi connectivity index (χ4n) is 2.84. The van der Waals surface area contributed by atoms with Gasteiger partial charge in [0.1, 0.15) is 22.8 Å². The molecular weight excluding hydrogens is 368 g/mol. The predicted octanol–water partition coefficient (Wildman–Crippen LogP) is 3.59. The van der Waals surface area contributed by atoms with Gasteiger partial charge in [-0.2, -0.15) is 0 Å². The topological polar surface area (TPSA) is 75.6 Å². The third-order valence-corrected chi connectivity index (χ3v) is 4.80. The fraction of sp³-hybridized carbons (Fsp3) is 0.333. The molecule has 0 saturated heterocycles. The quantitative estimate of drug-likeness (QED) is 0.708. The zero-order chi connectivity index (χ0) is 20.9. The zero-order valence-electron chi connectivity index (χ0n) is 16.0. The maximum Gasteiger partial charge on any atom is 0.341 e. The molecule has 0 atom stereocenters. The Labute approximate surface area is 162 Å². The summed E-state index contributed by atoms with van der Waals surface area (Å²) in [5.74, 6) is -2.82. The van der Waals surface area contributed by atoms with Gasteiger partial charge in [0, 0.05) is 12.1 Å². The molecule has 0 radical (unpaired) electrons. The van der Waals surface area contributed by atoms with Gasteiger partial charge in [-0.3, -0.25) is 4.79 Å². The van der Waals surface area contributed by atoms with E-state index in [-0.39, 0.29) is 36.1 Å². The smallest absolute Gasteiger partial charge is 0.341 e. The average Bonchev–Trinajstić information content (AvgIpc) is 2.71. The van der Waals surface area contributed by atoms with Gasteiger partial charge in [0.15, 0.2) is 0 Å². The minimum atomic E-state index is -1.49. The highest BCUT2D eigenvalue weighted by Gasteiger charge is 2.31. The monoisotopic (exact) mass is 391 g/mol. The van der Waals surface area contributed by atoms with Gasteiger partial charge in [0.2, 0.25) is 0 Å². The van der Waals surface area contributed by atoms with E-state index in [0.29, 0.717) is 5.56 Å². The Bertz CT molecular complexity index is 879. The molecule has 0 aliphatic heterocycles. The fourth-order valence-corrected chi connectivity index (χ4v) is 2.84. The molecule has 0 bridgehead atoms. The number of aliphatic hydroxyl groups is 1. The Hall–Kier alpha value is -2.80. The number of nitrogens with one attached hydrogen (secondary N) is 1. The zero-order valence-corrected chi connectivity index (χ0v) is 16.0. The highest BCUT2D eigenvalue weighted by molar-refractivity contribution is 5.97. The SMILES string of the molecule is CCC(O)(CC)C(=O)NCc1ccc(-c2cccc(F)c2C(=O)OC)cc1F. The summed E-state index contributed by atoms with van der Waals surface area (Å²) in [6, 6.07) is 8.16. The van der Waals surface area contributed by atoms with Crippen LogP contribution >= 0.6 is 0 Å². The van der Waals surface area contributed by atoms with Crippen molar-refractivity contribution in [2.75, 3.05) is 7.11 Å². The van der Waals surface area contributed by atoms with Crippen molar-refractivity contribution >= 4 is 11.9 Å². The third-order valence-electron chi connectivity index (χ3n) is 4.80. The van der Waals surface area contributed by atoms with Gasteiger partial charge in [-0.15, -0.1) is 0 Å². The second kappa shape index (κ2) is 8.93. The summed E-state index contributed by atoms with van der Waals surface area (Å²) in [7, 11) is 1.14. The van der Waals surface area contributed by atoms with E-state index in [1.807, 2.05) is 0 Å². The van der Waals surface area contributed by atoms with Crippen LogP contribution in [0.1, 0.15) is 42.6 Å². The number of carbonyl (C=O) groups is 2. The number of esters is 1. The van der Waals surface area contributed by atoms with E-state index < -0.39 is 29.1 Å². The highest BCUT2D eigenvalue weighted by atomic mass is 19.1. The first-order valence-electron chi connectivity index (χ1n) is 8.93. The minimum absolute atomic E-state index is 0.111. The maximum absolute atomic E-state index is 14.5. The van der Waals surface area contributed by atoms with Crippen LogP contribution < -0.4 is 5.32 Å². The van der Waals surface area contributed by atoms with Gasteiger partial charge in [0.25, 0.3) is 5.91 Å². The lowest BCUT2D eigenvalue weighted by molar-refractivity contribution is -0.140. The van der Waals surface area contributed by atoms with Crippen LogP contribution in [0, 0.1) is 11.6 Å². The number of benzene rings is 2. The van der Waals surface area contributed by atoms with Crippen molar-refractivity contribution in [1.29, 1.82) is 0 Å². The second-order valence-corrected chi connectivity index (χ2v) is 6.38. The average molecular weight is 391 g/mol. The summed E-state index contributed by atoms with van der Waals surface area (Å²) < 4.78 is 33.2. The highest BCUT2D eigenvalue weighted by Crippen LogP contribution is 2.28. The molecule has 150 valence electrons. The van der Waals surface area contributed by atoms with E-state index in [2.05, 4.69) is 10.1 Å². The first kappa shape index (κ1) is 21.5. The first-order valence-corrected chi connectivity index (χ1v) is 8.93. The Morgan fingerprint density at radius 3 is 2.36 bits per heavy atom. The van der Waals surface area contributed by atoms with Crippen LogP contribution in [0.25, 0.3) is 11.1 Å². The van der Waals surface area contributed by atoms with Crippen molar-refractivity contribution in [3.05, 3.63) is 59.2 Å². The molecule has 2 rings (SSSR count). The third kappa shape index (κ3) is 4.36. The number of hydrogen-bond donors (Lipinski definition) is 2. The number of methoxy groups -OCH3 is 1. The van der Waals surface area contributed by atoms with Crippen molar-refractivity contribution in [3.63, 3.8) is 0 Å². The maximum atomic E-state index is 14.5. The van der Waals surface area contributed by atoms with E-state index >= 15 is 0 Å². The number of hydrogen-bond acceptors (Lipinski definition) is 4. The van der Waals surface area contributed by atoms with Gasteiger partial charge in [-0.05, 0) is 36.1 Å². The van der Waals surface area contributed by atoms with Gasteiger partial charge in [-0.25, -0.2) is 13.6 Å². The van der Waals surface area contributed by atoms with Gasteiger partial charge in [0.05, 0.1) is 7.11 Å². The summed E-state index contributed by atoms with van der Waals surface area (Å²) in [6.07, 6.45) is 0.485. The first-order chi connectivity index (χ1) is 13.3. The normalized spacial score (nSPS) is 11.2. The molecule has 28 heavy (non-hydrogen) atoms. The molecule has 0 saturated carbocycles. The molecule has 0 fully saturated rings. The molecule has 7 heteroatoms. The van der Waals surface area contributed by atoms with E-state index in [9.17, 15) is 23.5 Å². The van der Waals surface area contributed by atoms with Gasteiger partial charge >= 0.3 is 5.97 Å². The molecule has 1 amide bonds. The molecule has 2 N–H and O–H groups in total. The lowest BCUT2D eigenvalue weighted by Crippen LogP contribution is -2.45. The van der Waals surface area contributed by atoms with Crippen molar-refractivity contribution in [2.24, 2.45) is 0 Å². The summed E-state index contributed by atoms with van der Waals surface area (Å²) in [5, 5.41) is 12.7. The molecule has 2 aromatic rings. The largest absolute Gasteiger partial charge is 0.465 e. The lowest BCUT2D eigenvalue weighted by atomic mass is 9.96. The van der Waals surface area contributed by atoms with Crippen LogP contribution in [0.15, 0.2) is 36.4 Å². The van der Waals surface area contributed by atoms with Crippen LogP contribution in [-0.2, 0) is 16.1 Å². The summed E-state index contributed by atoms with van der Waals surface area (Å²) >= 11 is 0. The Morgan fingerprint density at radius 1 is 1.11 bits per heavy atom. The summed E-state index contributed by atoms with van der Waals surface area (Å²) in [4.78, 5) is 24.0. The number of halogens is 2. The van der Waals surface area contributed by atoms with E-state index in [4.69, 9.17) is 0 Å². The van der Waals surface area contributed by atoms with Crippen LogP contribution in [0.3, 0.4) is 0 Å². The molecule has 0 aliphatic carbocycles. The molecule has 2 aromatic carbocycles. The standard InChI is InChI=1S/C21H23F2NO4/c1-4-21(27,5-2)20(26)24-12-14-10-9-13(11-17(14)23)15-7-6-8-16(22)18(15)19(25)28-3/h6-11,27H,4-5,12H2,1-3H3,(H,24,26). The molecule has 0 aromatic heterocycles.